The van der Waals surface area contributed by atoms with Gasteiger partial charge in [-0.3, -0.25) is 0 Å². The number of alkyl halides is 1. The standard InChI is InChI=1S/C16H15IO2/c17-11-14-8-5-12(6-9-14)4-7-13-2-1-3-15(10-13)16(18)19/h1-3,5-6,8-10H,4,7,11H2,(H,18,19). The highest BCUT2D eigenvalue weighted by Crippen LogP contribution is 2.12. The quantitative estimate of drug-likeness (QED) is 0.639. The molecule has 2 rings (SSSR count). The number of halogens is 1. The van der Waals surface area contributed by atoms with Crippen molar-refractivity contribution in [3.8, 4) is 0 Å². The highest BCUT2D eigenvalue weighted by Gasteiger charge is 2.03. The van der Waals surface area contributed by atoms with Gasteiger partial charge in [0.1, 0.15) is 0 Å². The number of hydrogen-bond donors (Lipinski definition) is 1. The maximum absolute atomic E-state index is 10.9. The molecule has 1 N–H and O–H groups in total. The highest BCUT2D eigenvalue weighted by atomic mass is 127. The van der Waals surface area contributed by atoms with Gasteiger partial charge in [0.15, 0.2) is 0 Å². The van der Waals surface area contributed by atoms with Crippen molar-refractivity contribution in [2.24, 2.45) is 0 Å². The van der Waals surface area contributed by atoms with Crippen LogP contribution in [-0.4, -0.2) is 11.1 Å². The van der Waals surface area contributed by atoms with E-state index in [1.54, 1.807) is 18.2 Å². The molecule has 0 amide bonds. The topological polar surface area (TPSA) is 37.3 Å². The van der Waals surface area contributed by atoms with Crippen LogP contribution in [0, 0.1) is 0 Å². The van der Waals surface area contributed by atoms with E-state index in [0.717, 1.165) is 22.8 Å². The van der Waals surface area contributed by atoms with Crippen molar-refractivity contribution in [3.05, 3.63) is 70.8 Å². The van der Waals surface area contributed by atoms with Gasteiger partial charge in [-0.2, -0.15) is 0 Å². The fourth-order valence-corrected chi connectivity index (χ4v) is 2.45. The molecule has 0 aliphatic rings. The molecule has 0 saturated carbocycles. The van der Waals surface area contributed by atoms with Gasteiger partial charge in [-0.1, -0.05) is 59.0 Å². The Morgan fingerprint density at radius 3 is 2.21 bits per heavy atom. The first-order valence-corrected chi connectivity index (χ1v) is 7.67. The predicted octanol–water partition coefficient (Wildman–Crippen LogP) is 4.11. The minimum absolute atomic E-state index is 0.359. The van der Waals surface area contributed by atoms with Gasteiger partial charge >= 0.3 is 5.97 Å². The fourth-order valence-electron chi connectivity index (χ4n) is 1.94. The molecule has 0 radical (unpaired) electrons. The molecule has 19 heavy (non-hydrogen) atoms. The van der Waals surface area contributed by atoms with Gasteiger partial charge in [0.25, 0.3) is 0 Å². The number of carbonyl (C=O) groups is 1. The van der Waals surface area contributed by atoms with Gasteiger partial charge in [-0.25, -0.2) is 4.79 Å². The molecule has 0 aliphatic carbocycles. The van der Waals surface area contributed by atoms with Gasteiger partial charge in [-0.05, 0) is 41.7 Å². The van der Waals surface area contributed by atoms with E-state index >= 15 is 0 Å². The van der Waals surface area contributed by atoms with Crippen molar-refractivity contribution < 1.29 is 9.90 Å². The van der Waals surface area contributed by atoms with Crippen molar-refractivity contribution >= 4 is 28.6 Å². The Kier molecular flexibility index (Phi) is 4.96. The van der Waals surface area contributed by atoms with Gasteiger partial charge in [0, 0.05) is 4.43 Å². The number of carboxylic acid groups (broad SMARTS) is 1. The van der Waals surface area contributed by atoms with Crippen molar-refractivity contribution in [1.82, 2.24) is 0 Å². The third-order valence-electron chi connectivity index (χ3n) is 3.05. The summed E-state index contributed by atoms with van der Waals surface area (Å²) in [6.07, 6.45) is 1.80. The summed E-state index contributed by atoms with van der Waals surface area (Å²) < 4.78 is 1.03. The SMILES string of the molecule is O=C(O)c1cccc(CCc2ccc(CI)cc2)c1. The molecule has 0 aliphatic heterocycles. The molecule has 2 nitrogen and oxygen atoms in total. The third-order valence-corrected chi connectivity index (χ3v) is 3.93. The highest BCUT2D eigenvalue weighted by molar-refractivity contribution is 14.1. The zero-order valence-corrected chi connectivity index (χ0v) is 12.6. The molecule has 0 fully saturated rings. The fraction of sp³-hybridized carbons (Fsp3) is 0.188. The molecule has 0 aromatic heterocycles. The van der Waals surface area contributed by atoms with E-state index in [2.05, 4.69) is 46.9 Å². The molecule has 0 saturated heterocycles. The maximum Gasteiger partial charge on any atom is 0.335 e. The monoisotopic (exact) mass is 366 g/mol. The lowest BCUT2D eigenvalue weighted by molar-refractivity contribution is 0.0697. The maximum atomic E-state index is 10.9. The van der Waals surface area contributed by atoms with Crippen molar-refractivity contribution in [2.45, 2.75) is 17.3 Å². The summed E-state index contributed by atoms with van der Waals surface area (Å²) in [7, 11) is 0. The number of rotatable bonds is 5. The summed E-state index contributed by atoms with van der Waals surface area (Å²) in [6, 6.07) is 15.8. The zero-order valence-electron chi connectivity index (χ0n) is 10.5. The number of aromatic carboxylic acids is 1. The lowest BCUT2D eigenvalue weighted by Gasteiger charge is -2.04. The summed E-state index contributed by atoms with van der Waals surface area (Å²) in [5, 5.41) is 8.95. The first-order valence-electron chi connectivity index (χ1n) is 6.15. The Balaban J connectivity index is 2.01. The van der Waals surface area contributed by atoms with Crippen LogP contribution >= 0.6 is 22.6 Å². The van der Waals surface area contributed by atoms with E-state index in [1.165, 1.54) is 11.1 Å². The molecule has 2 aromatic carbocycles. The Labute approximate surface area is 126 Å². The van der Waals surface area contributed by atoms with Crippen molar-refractivity contribution in [1.29, 1.82) is 0 Å². The van der Waals surface area contributed by atoms with E-state index in [-0.39, 0.29) is 0 Å². The molecule has 0 heterocycles. The van der Waals surface area contributed by atoms with Crippen LogP contribution in [0.25, 0.3) is 0 Å². The van der Waals surface area contributed by atoms with Crippen LogP contribution in [0.4, 0.5) is 0 Å². The van der Waals surface area contributed by atoms with E-state index in [0.29, 0.717) is 5.56 Å². The van der Waals surface area contributed by atoms with Crippen LogP contribution in [-0.2, 0) is 17.3 Å². The lowest BCUT2D eigenvalue weighted by atomic mass is 10.0. The van der Waals surface area contributed by atoms with Gasteiger partial charge in [0.2, 0.25) is 0 Å². The van der Waals surface area contributed by atoms with E-state index in [9.17, 15) is 4.79 Å². The predicted molar refractivity (Wildman–Crippen MR) is 85.0 cm³/mol. The minimum atomic E-state index is -0.867. The molecule has 98 valence electrons. The molecule has 0 spiro atoms. The molecule has 0 bridgehead atoms. The Bertz CT molecular complexity index is 561. The molecule has 2 aromatic rings. The summed E-state index contributed by atoms with van der Waals surface area (Å²) in [5.41, 5.74) is 4.04. The van der Waals surface area contributed by atoms with E-state index < -0.39 is 5.97 Å². The van der Waals surface area contributed by atoms with E-state index in [1.807, 2.05) is 6.07 Å². The zero-order chi connectivity index (χ0) is 13.7. The number of carboxylic acids is 1. The van der Waals surface area contributed by atoms with Crippen LogP contribution in [0.15, 0.2) is 48.5 Å². The lowest BCUT2D eigenvalue weighted by Crippen LogP contribution is -1.98. The van der Waals surface area contributed by atoms with Crippen molar-refractivity contribution in [2.75, 3.05) is 0 Å². The average molecular weight is 366 g/mol. The molecule has 3 heteroatoms. The second-order valence-corrected chi connectivity index (χ2v) is 5.22. The summed E-state index contributed by atoms with van der Waals surface area (Å²) >= 11 is 2.35. The van der Waals surface area contributed by atoms with Crippen LogP contribution in [0.5, 0.6) is 0 Å². The molecule has 0 unspecified atom stereocenters. The first kappa shape index (κ1) is 14.1. The number of benzene rings is 2. The van der Waals surface area contributed by atoms with Crippen LogP contribution < -0.4 is 0 Å². The Morgan fingerprint density at radius 2 is 1.58 bits per heavy atom. The molecule has 0 atom stereocenters. The minimum Gasteiger partial charge on any atom is -0.478 e. The summed E-state index contributed by atoms with van der Waals surface area (Å²) in [5.74, 6) is -0.867. The number of aryl methyl sites for hydroxylation is 2. The van der Waals surface area contributed by atoms with E-state index in [4.69, 9.17) is 5.11 Å². The number of hydrogen-bond acceptors (Lipinski definition) is 1. The van der Waals surface area contributed by atoms with Crippen molar-refractivity contribution in [3.63, 3.8) is 0 Å². The van der Waals surface area contributed by atoms with Crippen LogP contribution in [0.2, 0.25) is 0 Å². The second kappa shape index (κ2) is 6.70. The smallest absolute Gasteiger partial charge is 0.335 e. The van der Waals surface area contributed by atoms with Crippen LogP contribution in [0.1, 0.15) is 27.0 Å². The largest absolute Gasteiger partial charge is 0.478 e. The third kappa shape index (κ3) is 4.06. The Morgan fingerprint density at radius 1 is 0.947 bits per heavy atom. The average Bonchev–Trinajstić information content (AvgIpc) is 2.46. The second-order valence-electron chi connectivity index (χ2n) is 4.46. The summed E-state index contributed by atoms with van der Waals surface area (Å²) in [4.78, 5) is 10.9. The molecular weight excluding hydrogens is 351 g/mol. The first-order chi connectivity index (χ1) is 9.19. The van der Waals surface area contributed by atoms with Gasteiger partial charge in [-0.15, -0.1) is 0 Å². The van der Waals surface area contributed by atoms with Gasteiger partial charge < -0.3 is 5.11 Å². The van der Waals surface area contributed by atoms with Gasteiger partial charge in [0.05, 0.1) is 5.56 Å². The molecular formula is C16H15IO2. The summed E-state index contributed by atoms with van der Waals surface area (Å²) in [6.45, 7) is 0. The van der Waals surface area contributed by atoms with Crippen LogP contribution in [0.3, 0.4) is 0 Å². The Hall–Kier alpha value is -1.36. The normalized spacial score (nSPS) is 10.4.